The van der Waals surface area contributed by atoms with E-state index in [1.54, 1.807) is 30.3 Å². The van der Waals surface area contributed by atoms with Crippen LogP contribution in [0.5, 0.6) is 5.75 Å². The van der Waals surface area contributed by atoms with Crippen LogP contribution in [0, 0.1) is 5.82 Å². The molecule has 2 aromatic carbocycles. The SMILES string of the molecule is O=S(=O)(O)Oc1ccc(F)cc1-c1ccccc1. The molecule has 2 aromatic rings. The van der Waals surface area contributed by atoms with Crippen LogP contribution >= 0.6 is 0 Å². The molecule has 2 rings (SSSR count). The zero-order chi connectivity index (χ0) is 13.2. The number of benzene rings is 2. The summed E-state index contributed by atoms with van der Waals surface area (Å²) in [4.78, 5) is 0. The van der Waals surface area contributed by atoms with Crippen molar-refractivity contribution in [2.24, 2.45) is 0 Å². The van der Waals surface area contributed by atoms with Crippen molar-refractivity contribution < 1.29 is 21.5 Å². The van der Waals surface area contributed by atoms with Gasteiger partial charge in [0.05, 0.1) is 0 Å². The molecule has 0 bridgehead atoms. The molecule has 0 aliphatic rings. The number of halogens is 1. The Morgan fingerprint density at radius 1 is 1.06 bits per heavy atom. The third-order valence-electron chi connectivity index (χ3n) is 2.22. The van der Waals surface area contributed by atoms with Gasteiger partial charge in [-0.25, -0.2) is 4.39 Å². The number of rotatable bonds is 3. The highest BCUT2D eigenvalue weighted by molar-refractivity contribution is 7.81. The number of hydrogen-bond donors (Lipinski definition) is 1. The minimum absolute atomic E-state index is 0.134. The van der Waals surface area contributed by atoms with E-state index in [0.29, 0.717) is 5.56 Å². The second-order valence-corrected chi connectivity index (χ2v) is 4.54. The lowest BCUT2D eigenvalue weighted by molar-refractivity contribution is 0.387. The molecular weight excluding hydrogens is 259 g/mol. The van der Waals surface area contributed by atoms with Crippen molar-refractivity contribution in [2.45, 2.75) is 0 Å². The van der Waals surface area contributed by atoms with Crippen molar-refractivity contribution in [3.63, 3.8) is 0 Å². The standard InChI is InChI=1S/C12H9FO4S/c13-10-6-7-12(17-18(14,15)16)11(8-10)9-4-2-1-3-5-9/h1-8H,(H,14,15,16). The maximum atomic E-state index is 13.2. The average Bonchev–Trinajstić information content (AvgIpc) is 2.31. The zero-order valence-corrected chi connectivity index (χ0v) is 9.89. The molecule has 0 fully saturated rings. The van der Waals surface area contributed by atoms with E-state index in [1.807, 2.05) is 0 Å². The Kier molecular flexibility index (Phi) is 3.31. The Morgan fingerprint density at radius 3 is 2.33 bits per heavy atom. The summed E-state index contributed by atoms with van der Waals surface area (Å²) < 4.78 is 47.7. The monoisotopic (exact) mass is 268 g/mol. The summed E-state index contributed by atoms with van der Waals surface area (Å²) in [5, 5.41) is 0. The number of hydrogen-bond acceptors (Lipinski definition) is 3. The fourth-order valence-corrected chi connectivity index (χ4v) is 1.90. The van der Waals surface area contributed by atoms with Crippen LogP contribution in [-0.4, -0.2) is 13.0 Å². The van der Waals surface area contributed by atoms with Gasteiger partial charge in [-0.3, -0.25) is 4.55 Å². The fourth-order valence-electron chi connectivity index (χ4n) is 1.53. The zero-order valence-electron chi connectivity index (χ0n) is 9.08. The van der Waals surface area contributed by atoms with Gasteiger partial charge in [0.15, 0.2) is 5.75 Å². The van der Waals surface area contributed by atoms with E-state index in [-0.39, 0.29) is 11.3 Å². The summed E-state index contributed by atoms with van der Waals surface area (Å²) in [5.41, 5.74) is 0.823. The van der Waals surface area contributed by atoms with Crippen LogP contribution in [0.3, 0.4) is 0 Å². The van der Waals surface area contributed by atoms with Crippen molar-refractivity contribution in [1.82, 2.24) is 0 Å². The van der Waals surface area contributed by atoms with Crippen molar-refractivity contribution in [1.29, 1.82) is 0 Å². The highest BCUT2D eigenvalue weighted by Crippen LogP contribution is 2.31. The minimum Gasteiger partial charge on any atom is -0.361 e. The topological polar surface area (TPSA) is 63.6 Å². The van der Waals surface area contributed by atoms with E-state index in [2.05, 4.69) is 4.18 Å². The second kappa shape index (κ2) is 4.75. The second-order valence-electron chi connectivity index (χ2n) is 3.52. The lowest BCUT2D eigenvalue weighted by Crippen LogP contribution is -2.07. The molecule has 0 spiro atoms. The van der Waals surface area contributed by atoms with Gasteiger partial charge in [0.25, 0.3) is 0 Å². The van der Waals surface area contributed by atoms with Crippen LogP contribution in [0.1, 0.15) is 0 Å². The largest absolute Gasteiger partial charge is 0.446 e. The third kappa shape index (κ3) is 3.06. The highest BCUT2D eigenvalue weighted by Gasteiger charge is 2.13. The lowest BCUT2D eigenvalue weighted by Gasteiger charge is -2.08. The first kappa shape index (κ1) is 12.5. The summed E-state index contributed by atoms with van der Waals surface area (Å²) >= 11 is 0. The molecule has 0 amide bonds. The molecule has 0 aromatic heterocycles. The van der Waals surface area contributed by atoms with Gasteiger partial charge in [-0.05, 0) is 23.8 Å². The van der Waals surface area contributed by atoms with Crippen LogP contribution in [-0.2, 0) is 10.4 Å². The molecule has 0 radical (unpaired) electrons. The molecule has 0 aliphatic carbocycles. The van der Waals surface area contributed by atoms with Crippen molar-refractivity contribution >= 4 is 10.4 Å². The Hall–Kier alpha value is -1.92. The molecule has 18 heavy (non-hydrogen) atoms. The van der Waals surface area contributed by atoms with Gasteiger partial charge in [-0.1, -0.05) is 30.3 Å². The molecule has 0 atom stereocenters. The summed E-state index contributed by atoms with van der Waals surface area (Å²) in [6, 6.07) is 11.9. The Labute approximate surface area is 104 Å². The Balaban J connectivity index is 2.55. The van der Waals surface area contributed by atoms with Crippen molar-refractivity contribution in [3.05, 3.63) is 54.3 Å². The molecule has 1 N–H and O–H groups in total. The van der Waals surface area contributed by atoms with E-state index in [0.717, 1.165) is 18.2 Å². The molecule has 94 valence electrons. The Morgan fingerprint density at radius 2 is 1.72 bits per heavy atom. The molecular formula is C12H9FO4S. The van der Waals surface area contributed by atoms with Crippen LogP contribution in [0.25, 0.3) is 11.1 Å². The molecule has 0 heterocycles. The fraction of sp³-hybridized carbons (Fsp3) is 0. The molecule has 6 heteroatoms. The first-order valence-corrected chi connectivity index (χ1v) is 6.34. The lowest BCUT2D eigenvalue weighted by atomic mass is 10.0. The maximum absolute atomic E-state index is 13.2. The molecule has 0 saturated carbocycles. The minimum atomic E-state index is -4.64. The summed E-state index contributed by atoms with van der Waals surface area (Å²) in [6.07, 6.45) is 0. The van der Waals surface area contributed by atoms with Gasteiger partial charge >= 0.3 is 10.4 Å². The first-order valence-electron chi connectivity index (χ1n) is 4.97. The van der Waals surface area contributed by atoms with Crippen molar-refractivity contribution in [2.75, 3.05) is 0 Å². The van der Waals surface area contributed by atoms with E-state index in [9.17, 15) is 12.8 Å². The molecule has 0 unspecified atom stereocenters. The van der Waals surface area contributed by atoms with Gasteiger partial charge in [0, 0.05) is 5.56 Å². The molecule has 4 nitrogen and oxygen atoms in total. The quantitative estimate of drug-likeness (QED) is 0.869. The smallest absolute Gasteiger partial charge is 0.361 e. The predicted molar refractivity (Wildman–Crippen MR) is 64.0 cm³/mol. The van der Waals surface area contributed by atoms with Gasteiger partial charge in [-0.2, -0.15) is 8.42 Å². The van der Waals surface area contributed by atoms with Gasteiger partial charge in [0.1, 0.15) is 5.82 Å². The van der Waals surface area contributed by atoms with E-state index >= 15 is 0 Å². The van der Waals surface area contributed by atoms with E-state index in [1.165, 1.54) is 0 Å². The maximum Gasteiger partial charge on any atom is 0.446 e. The van der Waals surface area contributed by atoms with E-state index in [4.69, 9.17) is 4.55 Å². The van der Waals surface area contributed by atoms with Crippen molar-refractivity contribution in [3.8, 4) is 16.9 Å². The van der Waals surface area contributed by atoms with E-state index < -0.39 is 16.2 Å². The summed E-state index contributed by atoms with van der Waals surface area (Å²) in [6.45, 7) is 0. The van der Waals surface area contributed by atoms with Crippen LogP contribution < -0.4 is 4.18 Å². The molecule has 0 saturated heterocycles. The van der Waals surface area contributed by atoms with Gasteiger partial charge < -0.3 is 4.18 Å². The average molecular weight is 268 g/mol. The van der Waals surface area contributed by atoms with Crippen LogP contribution in [0.2, 0.25) is 0 Å². The highest BCUT2D eigenvalue weighted by atomic mass is 32.3. The third-order valence-corrected chi connectivity index (χ3v) is 2.61. The molecule has 0 aliphatic heterocycles. The first-order chi connectivity index (χ1) is 8.46. The predicted octanol–water partition coefficient (Wildman–Crippen LogP) is 2.67. The van der Waals surface area contributed by atoms with Crippen LogP contribution in [0.4, 0.5) is 4.39 Å². The van der Waals surface area contributed by atoms with Gasteiger partial charge in [0.2, 0.25) is 0 Å². The summed E-state index contributed by atoms with van der Waals surface area (Å²) in [5.74, 6) is -0.665. The van der Waals surface area contributed by atoms with Gasteiger partial charge in [-0.15, -0.1) is 0 Å². The summed E-state index contributed by atoms with van der Waals surface area (Å²) in [7, 11) is -4.64. The van der Waals surface area contributed by atoms with Crippen LogP contribution in [0.15, 0.2) is 48.5 Å². The Bertz CT molecular complexity index is 653. The normalized spacial score (nSPS) is 11.2.